The summed E-state index contributed by atoms with van der Waals surface area (Å²) in [7, 11) is 0. The highest BCUT2D eigenvalue weighted by atomic mass is 16.2. The molecule has 0 aliphatic heterocycles. The van der Waals surface area contributed by atoms with Gasteiger partial charge in [0.25, 0.3) is 0 Å². The number of rotatable bonds is 11. The van der Waals surface area contributed by atoms with E-state index in [1.54, 1.807) is 4.68 Å². The van der Waals surface area contributed by atoms with Crippen molar-refractivity contribution >= 4 is 5.91 Å². The molecule has 1 aromatic rings. The first-order valence-electron chi connectivity index (χ1n) is 8.04. The third-order valence-electron chi connectivity index (χ3n) is 3.43. The van der Waals surface area contributed by atoms with Crippen molar-refractivity contribution in [1.82, 2.24) is 20.3 Å². The number of nitrogens with one attached hydrogen (secondary N) is 1. The first-order chi connectivity index (χ1) is 10.2. The molecule has 0 saturated heterocycles. The number of carbonyl (C=O) groups excluding carboxylic acids is 1. The average Bonchev–Trinajstić information content (AvgIpc) is 2.86. The van der Waals surface area contributed by atoms with Crippen molar-refractivity contribution in [3.05, 3.63) is 11.9 Å². The van der Waals surface area contributed by atoms with Gasteiger partial charge in [-0.3, -0.25) is 4.79 Å². The zero-order valence-corrected chi connectivity index (χ0v) is 13.3. The van der Waals surface area contributed by atoms with Gasteiger partial charge in [0, 0.05) is 12.2 Å². The van der Waals surface area contributed by atoms with E-state index in [1.165, 1.54) is 12.8 Å². The van der Waals surface area contributed by atoms with Crippen LogP contribution in [0.15, 0.2) is 6.20 Å². The van der Waals surface area contributed by atoms with E-state index in [-0.39, 0.29) is 18.5 Å². The summed E-state index contributed by atoms with van der Waals surface area (Å²) in [6, 6.07) is 0.219. The second kappa shape index (κ2) is 10.3. The Kier molecular flexibility index (Phi) is 8.66. The highest BCUT2D eigenvalue weighted by molar-refractivity contribution is 5.75. The molecule has 120 valence electrons. The number of hydrogen-bond acceptors (Lipinski definition) is 4. The van der Waals surface area contributed by atoms with Gasteiger partial charge in [0.05, 0.1) is 5.69 Å². The summed E-state index contributed by atoms with van der Waals surface area (Å²) in [4.78, 5) is 11.9. The van der Waals surface area contributed by atoms with E-state index in [4.69, 9.17) is 5.73 Å². The lowest BCUT2D eigenvalue weighted by Gasteiger charge is -2.13. The molecule has 0 spiro atoms. The molecule has 1 amide bonds. The minimum absolute atomic E-state index is 0.00240. The standard InChI is InChI=1S/C15H29N5O/c1-3-4-5-8-13(2)17-15(21)12-20-11-14(18-19-20)9-6-7-10-16/h11,13H,3-10,12,16H2,1-2H3,(H,17,21). The van der Waals surface area contributed by atoms with Gasteiger partial charge in [0.2, 0.25) is 5.91 Å². The molecule has 0 aliphatic carbocycles. The Morgan fingerprint density at radius 3 is 2.90 bits per heavy atom. The molecule has 0 saturated carbocycles. The minimum atomic E-state index is -0.00240. The topological polar surface area (TPSA) is 85.8 Å². The van der Waals surface area contributed by atoms with Gasteiger partial charge in [-0.05, 0) is 39.2 Å². The summed E-state index contributed by atoms with van der Waals surface area (Å²) >= 11 is 0. The Hall–Kier alpha value is -1.43. The van der Waals surface area contributed by atoms with E-state index < -0.39 is 0 Å². The lowest BCUT2D eigenvalue weighted by atomic mass is 10.1. The number of unbranched alkanes of at least 4 members (excludes halogenated alkanes) is 3. The van der Waals surface area contributed by atoms with Crippen LogP contribution >= 0.6 is 0 Å². The van der Waals surface area contributed by atoms with Crippen molar-refractivity contribution in [3.63, 3.8) is 0 Å². The SMILES string of the molecule is CCCCCC(C)NC(=O)Cn1cc(CCCCN)nn1. The van der Waals surface area contributed by atoms with Crippen LogP contribution in [-0.2, 0) is 17.8 Å². The lowest BCUT2D eigenvalue weighted by Crippen LogP contribution is -2.35. The van der Waals surface area contributed by atoms with Gasteiger partial charge in [0.15, 0.2) is 0 Å². The number of amides is 1. The monoisotopic (exact) mass is 295 g/mol. The summed E-state index contributed by atoms with van der Waals surface area (Å²) in [5.74, 6) is -0.00240. The van der Waals surface area contributed by atoms with E-state index in [2.05, 4.69) is 22.6 Å². The van der Waals surface area contributed by atoms with Crippen LogP contribution in [0, 0.1) is 0 Å². The van der Waals surface area contributed by atoms with Crippen LogP contribution in [0.4, 0.5) is 0 Å². The average molecular weight is 295 g/mol. The zero-order valence-electron chi connectivity index (χ0n) is 13.3. The highest BCUT2D eigenvalue weighted by Gasteiger charge is 2.09. The molecule has 1 aromatic heterocycles. The Balaban J connectivity index is 2.27. The molecule has 1 atom stereocenters. The van der Waals surface area contributed by atoms with Crippen LogP contribution in [0.5, 0.6) is 0 Å². The molecule has 1 heterocycles. The number of aromatic nitrogens is 3. The van der Waals surface area contributed by atoms with Gasteiger partial charge < -0.3 is 11.1 Å². The van der Waals surface area contributed by atoms with Crippen LogP contribution < -0.4 is 11.1 Å². The Labute approximate surface area is 127 Å². The van der Waals surface area contributed by atoms with Gasteiger partial charge in [-0.25, -0.2) is 4.68 Å². The van der Waals surface area contributed by atoms with Crippen molar-refractivity contribution in [2.75, 3.05) is 6.54 Å². The third kappa shape index (κ3) is 7.80. The second-order valence-corrected chi connectivity index (χ2v) is 5.62. The predicted molar refractivity (Wildman–Crippen MR) is 83.8 cm³/mol. The molecular weight excluding hydrogens is 266 g/mol. The largest absolute Gasteiger partial charge is 0.352 e. The molecule has 1 unspecified atom stereocenters. The number of hydrogen-bond donors (Lipinski definition) is 2. The van der Waals surface area contributed by atoms with Crippen molar-refractivity contribution in [2.45, 2.75) is 71.4 Å². The first kappa shape index (κ1) is 17.6. The van der Waals surface area contributed by atoms with Gasteiger partial charge in [-0.2, -0.15) is 0 Å². The molecule has 0 fully saturated rings. The smallest absolute Gasteiger partial charge is 0.242 e. The Morgan fingerprint density at radius 1 is 1.38 bits per heavy atom. The van der Waals surface area contributed by atoms with Crippen molar-refractivity contribution in [3.8, 4) is 0 Å². The van der Waals surface area contributed by atoms with Gasteiger partial charge in [-0.1, -0.05) is 31.4 Å². The second-order valence-electron chi connectivity index (χ2n) is 5.62. The first-order valence-corrected chi connectivity index (χ1v) is 8.04. The van der Waals surface area contributed by atoms with Crippen LogP contribution in [-0.4, -0.2) is 33.5 Å². The summed E-state index contributed by atoms with van der Waals surface area (Å²) in [6.45, 7) is 5.17. The zero-order chi connectivity index (χ0) is 15.5. The van der Waals surface area contributed by atoms with Crippen molar-refractivity contribution in [2.24, 2.45) is 5.73 Å². The molecule has 6 nitrogen and oxygen atoms in total. The normalized spacial score (nSPS) is 12.3. The summed E-state index contributed by atoms with van der Waals surface area (Å²) in [6.07, 6.45) is 9.32. The Morgan fingerprint density at radius 2 is 2.19 bits per heavy atom. The molecular formula is C15H29N5O. The van der Waals surface area contributed by atoms with Crippen LogP contribution in [0.2, 0.25) is 0 Å². The third-order valence-corrected chi connectivity index (χ3v) is 3.43. The van der Waals surface area contributed by atoms with E-state index in [1.807, 2.05) is 13.1 Å². The van der Waals surface area contributed by atoms with Crippen LogP contribution in [0.1, 0.15) is 58.1 Å². The lowest BCUT2D eigenvalue weighted by molar-refractivity contribution is -0.122. The molecule has 1 rings (SSSR count). The van der Waals surface area contributed by atoms with Gasteiger partial charge in [0.1, 0.15) is 6.54 Å². The number of aryl methyl sites for hydroxylation is 1. The number of nitrogens with two attached hydrogens (primary N) is 1. The Bertz CT molecular complexity index is 405. The minimum Gasteiger partial charge on any atom is -0.352 e. The quantitative estimate of drug-likeness (QED) is 0.608. The molecule has 0 aromatic carbocycles. The molecule has 0 radical (unpaired) electrons. The van der Waals surface area contributed by atoms with Crippen molar-refractivity contribution < 1.29 is 4.79 Å². The van der Waals surface area contributed by atoms with Crippen molar-refractivity contribution in [1.29, 1.82) is 0 Å². The molecule has 3 N–H and O–H groups in total. The van der Waals surface area contributed by atoms with E-state index >= 15 is 0 Å². The number of nitrogens with zero attached hydrogens (tertiary/aromatic N) is 3. The molecule has 6 heteroatoms. The van der Waals surface area contributed by atoms with Gasteiger partial charge >= 0.3 is 0 Å². The fourth-order valence-electron chi connectivity index (χ4n) is 2.22. The van der Waals surface area contributed by atoms with Crippen LogP contribution in [0.3, 0.4) is 0 Å². The van der Waals surface area contributed by atoms with Crippen LogP contribution in [0.25, 0.3) is 0 Å². The maximum atomic E-state index is 11.9. The predicted octanol–water partition coefficient (Wildman–Crippen LogP) is 1.64. The van der Waals surface area contributed by atoms with E-state index in [0.29, 0.717) is 6.54 Å². The maximum absolute atomic E-state index is 11.9. The fourth-order valence-corrected chi connectivity index (χ4v) is 2.22. The summed E-state index contributed by atoms with van der Waals surface area (Å²) in [5.41, 5.74) is 6.38. The maximum Gasteiger partial charge on any atom is 0.242 e. The highest BCUT2D eigenvalue weighted by Crippen LogP contribution is 2.03. The molecule has 21 heavy (non-hydrogen) atoms. The molecule has 0 bridgehead atoms. The summed E-state index contributed by atoms with van der Waals surface area (Å²) < 4.78 is 1.60. The van der Waals surface area contributed by atoms with Gasteiger partial charge in [-0.15, -0.1) is 5.10 Å². The van der Waals surface area contributed by atoms with E-state index in [0.717, 1.165) is 37.8 Å². The fraction of sp³-hybridized carbons (Fsp3) is 0.800. The molecule has 0 aliphatic rings. The number of carbonyl (C=O) groups is 1. The summed E-state index contributed by atoms with van der Waals surface area (Å²) in [5, 5.41) is 11.1. The van der Waals surface area contributed by atoms with E-state index in [9.17, 15) is 4.79 Å².